The smallest absolute Gasteiger partial charge is 0.0529 e. The van der Waals surface area contributed by atoms with E-state index in [-0.39, 0.29) is 0 Å². The molecule has 1 heterocycles. The molecule has 0 bridgehead atoms. The molecule has 0 saturated carbocycles. The highest BCUT2D eigenvalue weighted by Gasteiger charge is 2.13. The van der Waals surface area contributed by atoms with Crippen LogP contribution in [0.1, 0.15) is 38.4 Å². The highest BCUT2D eigenvalue weighted by Crippen LogP contribution is 2.23. The molecule has 15 heavy (non-hydrogen) atoms. The van der Waals surface area contributed by atoms with E-state index in [1.165, 1.54) is 29.8 Å². The first-order valence-corrected chi connectivity index (χ1v) is 5.76. The van der Waals surface area contributed by atoms with Crippen LogP contribution in [0.4, 0.5) is 5.69 Å². The lowest BCUT2D eigenvalue weighted by molar-refractivity contribution is 0.443. The second kappa shape index (κ2) is 3.84. The van der Waals surface area contributed by atoms with Crippen molar-refractivity contribution in [2.45, 2.75) is 40.0 Å². The number of aromatic nitrogens is 1. The molecule has 1 aromatic rings. The number of rotatable bonds is 2. The third-order valence-electron chi connectivity index (χ3n) is 2.74. The largest absolute Gasteiger partial charge is 0.383 e. The van der Waals surface area contributed by atoms with Crippen LogP contribution in [-0.2, 0) is 12.8 Å². The van der Waals surface area contributed by atoms with Gasteiger partial charge in [-0.1, -0.05) is 20.8 Å². The standard InChI is InChI=1S/C13H20N2/c1-13(2,3)9-15-11-7-10-5-4-6-12(10)14-8-11/h7-8,15H,4-6,9H2,1-3H3. The van der Waals surface area contributed by atoms with Gasteiger partial charge in [0.2, 0.25) is 0 Å². The topological polar surface area (TPSA) is 24.9 Å². The molecular formula is C13H20N2. The minimum atomic E-state index is 0.318. The van der Waals surface area contributed by atoms with Crippen LogP contribution in [0, 0.1) is 5.41 Å². The van der Waals surface area contributed by atoms with Gasteiger partial charge in [-0.3, -0.25) is 4.98 Å². The molecule has 0 unspecified atom stereocenters. The van der Waals surface area contributed by atoms with Crippen LogP contribution in [0.2, 0.25) is 0 Å². The van der Waals surface area contributed by atoms with Gasteiger partial charge in [-0.15, -0.1) is 0 Å². The number of pyridine rings is 1. The van der Waals surface area contributed by atoms with Gasteiger partial charge in [0.25, 0.3) is 0 Å². The highest BCUT2D eigenvalue weighted by atomic mass is 14.9. The Hall–Kier alpha value is -1.05. The van der Waals surface area contributed by atoms with Gasteiger partial charge in [0, 0.05) is 12.2 Å². The SMILES string of the molecule is CC(C)(C)CNc1cnc2c(c1)CCC2. The molecule has 1 aromatic heterocycles. The van der Waals surface area contributed by atoms with Crippen molar-refractivity contribution in [1.82, 2.24) is 4.98 Å². The molecule has 0 aliphatic heterocycles. The Labute approximate surface area is 92.1 Å². The Bertz CT molecular complexity index is 350. The molecule has 0 fully saturated rings. The Morgan fingerprint density at radius 2 is 2.13 bits per heavy atom. The predicted molar refractivity (Wildman–Crippen MR) is 64.2 cm³/mol. The zero-order valence-corrected chi connectivity index (χ0v) is 9.93. The molecule has 1 aliphatic carbocycles. The van der Waals surface area contributed by atoms with E-state index in [0.29, 0.717) is 5.41 Å². The first-order chi connectivity index (χ1) is 7.04. The van der Waals surface area contributed by atoms with Crippen LogP contribution in [0.25, 0.3) is 0 Å². The summed E-state index contributed by atoms with van der Waals surface area (Å²) in [5.74, 6) is 0. The fraction of sp³-hybridized carbons (Fsp3) is 0.615. The van der Waals surface area contributed by atoms with Crippen molar-refractivity contribution in [2.75, 3.05) is 11.9 Å². The lowest BCUT2D eigenvalue weighted by Crippen LogP contribution is -2.19. The summed E-state index contributed by atoms with van der Waals surface area (Å²) >= 11 is 0. The Morgan fingerprint density at radius 1 is 1.33 bits per heavy atom. The van der Waals surface area contributed by atoms with Gasteiger partial charge in [0.15, 0.2) is 0 Å². The van der Waals surface area contributed by atoms with Crippen LogP contribution in [0.3, 0.4) is 0 Å². The number of hydrogen-bond donors (Lipinski definition) is 1. The van der Waals surface area contributed by atoms with Crippen LogP contribution >= 0.6 is 0 Å². The number of anilines is 1. The Kier molecular flexibility index (Phi) is 2.68. The molecule has 0 spiro atoms. The average Bonchev–Trinajstić information content (AvgIpc) is 2.60. The van der Waals surface area contributed by atoms with Gasteiger partial charge >= 0.3 is 0 Å². The lowest BCUT2D eigenvalue weighted by atomic mass is 9.97. The Morgan fingerprint density at radius 3 is 2.87 bits per heavy atom. The molecule has 1 N–H and O–H groups in total. The van der Waals surface area contributed by atoms with Crippen molar-refractivity contribution >= 4 is 5.69 Å². The van der Waals surface area contributed by atoms with E-state index in [0.717, 1.165) is 13.0 Å². The van der Waals surface area contributed by atoms with Crippen molar-refractivity contribution in [3.8, 4) is 0 Å². The van der Waals surface area contributed by atoms with E-state index in [1.54, 1.807) is 0 Å². The minimum Gasteiger partial charge on any atom is -0.383 e. The monoisotopic (exact) mass is 204 g/mol. The maximum atomic E-state index is 4.50. The van der Waals surface area contributed by atoms with Crippen LogP contribution in [0.5, 0.6) is 0 Å². The molecule has 2 heteroatoms. The van der Waals surface area contributed by atoms with Crippen LogP contribution < -0.4 is 5.32 Å². The summed E-state index contributed by atoms with van der Waals surface area (Å²) in [5.41, 5.74) is 4.23. The third kappa shape index (κ3) is 2.71. The van der Waals surface area contributed by atoms with Crippen LogP contribution in [-0.4, -0.2) is 11.5 Å². The summed E-state index contributed by atoms with van der Waals surface area (Å²) in [5, 5.41) is 3.45. The van der Waals surface area contributed by atoms with Crippen LogP contribution in [0.15, 0.2) is 12.3 Å². The number of aryl methyl sites for hydroxylation is 2. The van der Waals surface area contributed by atoms with E-state index < -0.39 is 0 Å². The fourth-order valence-corrected chi connectivity index (χ4v) is 1.89. The van der Waals surface area contributed by atoms with E-state index in [4.69, 9.17) is 0 Å². The average molecular weight is 204 g/mol. The number of hydrogen-bond acceptors (Lipinski definition) is 2. The molecule has 0 aromatic carbocycles. The van der Waals surface area contributed by atoms with Crippen molar-refractivity contribution in [3.63, 3.8) is 0 Å². The van der Waals surface area contributed by atoms with Gasteiger partial charge < -0.3 is 5.32 Å². The third-order valence-corrected chi connectivity index (χ3v) is 2.74. The number of fused-ring (bicyclic) bond motifs is 1. The molecule has 2 nitrogen and oxygen atoms in total. The first-order valence-electron chi connectivity index (χ1n) is 5.76. The zero-order chi connectivity index (χ0) is 10.9. The maximum Gasteiger partial charge on any atom is 0.0529 e. The van der Waals surface area contributed by atoms with Crippen molar-refractivity contribution in [3.05, 3.63) is 23.5 Å². The quantitative estimate of drug-likeness (QED) is 0.801. The second-order valence-corrected chi connectivity index (χ2v) is 5.60. The molecule has 0 radical (unpaired) electrons. The van der Waals surface area contributed by atoms with Crippen molar-refractivity contribution in [2.24, 2.45) is 5.41 Å². The summed E-state index contributed by atoms with van der Waals surface area (Å²) in [6.45, 7) is 7.70. The van der Waals surface area contributed by atoms with Gasteiger partial charge in [0.1, 0.15) is 0 Å². The van der Waals surface area contributed by atoms with Crippen molar-refractivity contribution < 1.29 is 0 Å². The second-order valence-electron chi connectivity index (χ2n) is 5.60. The molecule has 82 valence electrons. The van der Waals surface area contributed by atoms with Gasteiger partial charge in [0.05, 0.1) is 11.9 Å². The maximum absolute atomic E-state index is 4.50. The lowest BCUT2D eigenvalue weighted by Gasteiger charge is -2.19. The number of nitrogens with zero attached hydrogens (tertiary/aromatic N) is 1. The molecule has 0 saturated heterocycles. The molecule has 2 rings (SSSR count). The molecular weight excluding hydrogens is 184 g/mol. The summed E-state index contributed by atoms with van der Waals surface area (Å²) < 4.78 is 0. The summed E-state index contributed by atoms with van der Waals surface area (Å²) in [4.78, 5) is 4.50. The van der Waals surface area contributed by atoms with Gasteiger partial charge in [-0.25, -0.2) is 0 Å². The zero-order valence-electron chi connectivity index (χ0n) is 9.93. The predicted octanol–water partition coefficient (Wildman–Crippen LogP) is 3.03. The molecule has 0 amide bonds. The minimum absolute atomic E-state index is 0.318. The molecule has 0 atom stereocenters. The van der Waals surface area contributed by atoms with Gasteiger partial charge in [-0.05, 0) is 36.3 Å². The summed E-state index contributed by atoms with van der Waals surface area (Å²) in [7, 11) is 0. The highest BCUT2D eigenvalue weighted by molar-refractivity contribution is 5.46. The van der Waals surface area contributed by atoms with E-state index >= 15 is 0 Å². The number of nitrogens with one attached hydrogen (secondary N) is 1. The van der Waals surface area contributed by atoms with E-state index in [2.05, 4.69) is 37.1 Å². The summed E-state index contributed by atoms with van der Waals surface area (Å²) in [6, 6.07) is 2.26. The van der Waals surface area contributed by atoms with E-state index in [9.17, 15) is 0 Å². The fourth-order valence-electron chi connectivity index (χ4n) is 1.89. The van der Waals surface area contributed by atoms with E-state index in [1.807, 2.05) is 6.20 Å². The first kappa shape index (κ1) is 10.5. The normalized spacial score (nSPS) is 15.1. The van der Waals surface area contributed by atoms with Crippen molar-refractivity contribution in [1.29, 1.82) is 0 Å². The molecule has 1 aliphatic rings. The Balaban J connectivity index is 2.04. The van der Waals surface area contributed by atoms with Gasteiger partial charge in [-0.2, -0.15) is 0 Å². The summed E-state index contributed by atoms with van der Waals surface area (Å²) in [6.07, 6.45) is 5.60.